The molecule has 0 bridgehead atoms. The summed E-state index contributed by atoms with van der Waals surface area (Å²) < 4.78 is 5.16. The van der Waals surface area contributed by atoms with Crippen LogP contribution in [0.25, 0.3) is 5.57 Å². The Bertz CT molecular complexity index is 670. The summed E-state index contributed by atoms with van der Waals surface area (Å²) >= 11 is 0. The number of anilines is 1. The van der Waals surface area contributed by atoms with Gasteiger partial charge in [-0.05, 0) is 24.1 Å². The number of carbonyl (C=O) groups excluding carboxylic acids is 1. The van der Waals surface area contributed by atoms with Crippen LogP contribution < -0.4 is 4.90 Å². The van der Waals surface area contributed by atoms with Gasteiger partial charge in [0, 0.05) is 24.0 Å². The van der Waals surface area contributed by atoms with Crippen molar-refractivity contribution >= 4 is 17.2 Å². The van der Waals surface area contributed by atoms with Crippen LogP contribution in [-0.2, 0) is 9.53 Å². The number of nitrogens with zero attached hydrogens (tertiary/aromatic N) is 1. The minimum atomic E-state index is -0.374. The molecule has 4 heteroatoms. The predicted molar refractivity (Wildman–Crippen MR) is 81.6 cm³/mol. The molecular formula is C17H17NO3. The smallest absolute Gasteiger partial charge is 0.339 e. The van der Waals surface area contributed by atoms with Crippen molar-refractivity contribution in [2.45, 2.75) is 6.42 Å². The largest absolute Gasteiger partial charge is 0.460 e. The molecule has 0 atom stereocenters. The summed E-state index contributed by atoms with van der Waals surface area (Å²) in [6, 6.07) is 7.80. The molecule has 0 amide bonds. The summed E-state index contributed by atoms with van der Waals surface area (Å²) in [6.07, 6.45) is 6.74. The van der Waals surface area contributed by atoms with E-state index in [0.717, 1.165) is 22.5 Å². The average molecular weight is 283 g/mol. The van der Waals surface area contributed by atoms with Crippen LogP contribution in [0.4, 0.5) is 5.69 Å². The number of esters is 1. The van der Waals surface area contributed by atoms with E-state index in [2.05, 4.69) is 4.90 Å². The van der Waals surface area contributed by atoms with Crippen molar-refractivity contribution in [1.29, 1.82) is 0 Å². The van der Waals surface area contributed by atoms with Crippen LogP contribution in [0.3, 0.4) is 0 Å². The maximum atomic E-state index is 12.4. The van der Waals surface area contributed by atoms with E-state index < -0.39 is 0 Å². The zero-order valence-corrected chi connectivity index (χ0v) is 11.9. The topological polar surface area (TPSA) is 49.8 Å². The first-order chi connectivity index (χ1) is 10.2. The van der Waals surface area contributed by atoms with Gasteiger partial charge in [0.15, 0.2) is 0 Å². The van der Waals surface area contributed by atoms with E-state index in [4.69, 9.17) is 9.84 Å². The number of para-hydroxylation sites is 1. The van der Waals surface area contributed by atoms with Crippen molar-refractivity contribution in [2.75, 3.05) is 25.2 Å². The van der Waals surface area contributed by atoms with E-state index in [-0.39, 0.29) is 19.2 Å². The van der Waals surface area contributed by atoms with Crippen molar-refractivity contribution in [1.82, 2.24) is 0 Å². The molecule has 1 N–H and O–H groups in total. The van der Waals surface area contributed by atoms with E-state index >= 15 is 0 Å². The Morgan fingerprint density at radius 1 is 1.38 bits per heavy atom. The molecule has 21 heavy (non-hydrogen) atoms. The van der Waals surface area contributed by atoms with Gasteiger partial charge in [0.25, 0.3) is 0 Å². The highest BCUT2D eigenvalue weighted by atomic mass is 16.5. The number of ether oxygens (including phenoxy) is 1. The highest BCUT2D eigenvalue weighted by Crippen LogP contribution is 2.42. The van der Waals surface area contributed by atoms with Crippen molar-refractivity contribution < 1.29 is 14.6 Å². The fraction of sp³-hybridized carbons (Fsp3) is 0.235. The lowest BCUT2D eigenvalue weighted by Gasteiger charge is -2.34. The molecule has 0 saturated carbocycles. The Morgan fingerprint density at radius 2 is 2.19 bits per heavy atom. The van der Waals surface area contributed by atoms with Gasteiger partial charge in [0.05, 0.1) is 12.2 Å². The molecular weight excluding hydrogens is 266 g/mol. The molecule has 2 aliphatic rings. The fourth-order valence-corrected chi connectivity index (χ4v) is 2.81. The third kappa shape index (κ3) is 2.28. The summed E-state index contributed by atoms with van der Waals surface area (Å²) in [7, 11) is 2.00. The van der Waals surface area contributed by atoms with Gasteiger partial charge in [0.2, 0.25) is 0 Å². The van der Waals surface area contributed by atoms with Crippen LogP contribution in [-0.4, -0.2) is 31.3 Å². The Hall–Kier alpha value is -2.33. The van der Waals surface area contributed by atoms with Crippen LogP contribution in [0.2, 0.25) is 0 Å². The van der Waals surface area contributed by atoms with Gasteiger partial charge in [-0.25, -0.2) is 4.79 Å². The van der Waals surface area contributed by atoms with Gasteiger partial charge in [-0.15, -0.1) is 0 Å². The third-order valence-corrected chi connectivity index (χ3v) is 3.75. The number of benzene rings is 1. The normalized spacial score (nSPS) is 16.3. The standard InChI is InChI=1S/C17H17NO3/c1-18-14-8-4-2-6-12(14)16(17(20)21-11-10-19)13-7-3-5-9-15(13)18/h2-6,8-9,19H,7,10-11H2,1H3. The molecule has 0 radical (unpaired) electrons. The Balaban J connectivity index is 2.15. The number of likely N-dealkylation sites (N-methyl/N-ethyl adjacent to an activating group) is 1. The van der Waals surface area contributed by atoms with E-state index in [1.807, 2.05) is 49.5 Å². The third-order valence-electron chi connectivity index (χ3n) is 3.75. The monoisotopic (exact) mass is 283 g/mol. The van der Waals surface area contributed by atoms with E-state index in [1.54, 1.807) is 0 Å². The second-order valence-electron chi connectivity index (χ2n) is 4.97. The minimum absolute atomic E-state index is 0.0164. The minimum Gasteiger partial charge on any atom is -0.460 e. The van der Waals surface area contributed by atoms with Gasteiger partial charge in [0.1, 0.15) is 6.61 Å². The van der Waals surface area contributed by atoms with Gasteiger partial charge in [-0.1, -0.05) is 30.4 Å². The molecule has 4 nitrogen and oxygen atoms in total. The fourth-order valence-electron chi connectivity index (χ4n) is 2.81. The van der Waals surface area contributed by atoms with Gasteiger partial charge >= 0.3 is 5.97 Å². The molecule has 0 fully saturated rings. The SMILES string of the molecule is CN1C2=CC=CCC2=C(C(=O)OCCO)c2ccccc21. The van der Waals surface area contributed by atoms with Gasteiger partial charge in [-0.2, -0.15) is 0 Å². The van der Waals surface area contributed by atoms with Crippen LogP contribution in [0.15, 0.2) is 53.8 Å². The molecule has 0 unspecified atom stereocenters. The number of rotatable bonds is 3. The molecule has 108 valence electrons. The lowest BCUT2D eigenvalue weighted by Crippen LogP contribution is -2.27. The number of carbonyl (C=O) groups is 1. The number of aliphatic hydroxyl groups excluding tert-OH is 1. The number of allylic oxidation sites excluding steroid dienone is 4. The first-order valence-corrected chi connectivity index (χ1v) is 6.95. The Labute approximate surface area is 123 Å². The van der Waals surface area contributed by atoms with Crippen molar-refractivity contribution in [3.63, 3.8) is 0 Å². The summed E-state index contributed by atoms with van der Waals surface area (Å²) in [5.41, 5.74) is 4.46. The lowest BCUT2D eigenvalue weighted by molar-refractivity contribution is -0.137. The van der Waals surface area contributed by atoms with Crippen LogP contribution in [0.1, 0.15) is 12.0 Å². The summed E-state index contributed by atoms with van der Waals surface area (Å²) in [5, 5.41) is 8.86. The molecule has 1 aromatic rings. The lowest BCUT2D eigenvalue weighted by atomic mass is 9.87. The first-order valence-electron chi connectivity index (χ1n) is 6.95. The molecule has 3 rings (SSSR count). The van der Waals surface area contributed by atoms with Crippen molar-refractivity contribution in [3.8, 4) is 0 Å². The molecule has 0 saturated heterocycles. The maximum Gasteiger partial charge on any atom is 0.339 e. The summed E-state index contributed by atoms with van der Waals surface area (Å²) in [5.74, 6) is -0.374. The number of fused-ring (bicyclic) bond motifs is 2. The molecule has 1 aromatic carbocycles. The van der Waals surface area contributed by atoms with Crippen molar-refractivity contribution in [3.05, 3.63) is 59.3 Å². The molecule has 1 heterocycles. The zero-order chi connectivity index (χ0) is 14.8. The van der Waals surface area contributed by atoms with Crippen LogP contribution in [0.5, 0.6) is 0 Å². The molecule has 1 aliphatic carbocycles. The quantitative estimate of drug-likeness (QED) is 0.865. The Kier molecular flexibility index (Phi) is 3.62. The van der Waals surface area contributed by atoms with Crippen LogP contribution >= 0.6 is 0 Å². The van der Waals surface area contributed by atoms with E-state index in [0.29, 0.717) is 12.0 Å². The van der Waals surface area contributed by atoms with Gasteiger partial charge in [-0.3, -0.25) is 0 Å². The predicted octanol–water partition coefficient (Wildman–Crippen LogP) is 2.27. The second kappa shape index (κ2) is 5.58. The summed E-state index contributed by atoms with van der Waals surface area (Å²) in [4.78, 5) is 14.5. The first kappa shape index (κ1) is 13.6. The summed E-state index contributed by atoms with van der Waals surface area (Å²) in [6.45, 7) is -0.152. The molecule has 0 aromatic heterocycles. The highest BCUT2D eigenvalue weighted by Gasteiger charge is 2.31. The average Bonchev–Trinajstić information content (AvgIpc) is 2.53. The van der Waals surface area contributed by atoms with E-state index in [1.165, 1.54) is 0 Å². The van der Waals surface area contributed by atoms with Crippen molar-refractivity contribution in [2.24, 2.45) is 0 Å². The molecule has 1 aliphatic heterocycles. The number of hydrogen-bond acceptors (Lipinski definition) is 4. The molecule has 0 spiro atoms. The van der Waals surface area contributed by atoms with Gasteiger partial charge < -0.3 is 14.7 Å². The Morgan fingerprint density at radius 3 is 3.00 bits per heavy atom. The van der Waals surface area contributed by atoms with E-state index in [9.17, 15) is 4.79 Å². The van der Waals surface area contributed by atoms with Crippen LogP contribution in [0, 0.1) is 0 Å². The zero-order valence-electron chi connectivity index (χ0n) is 11.9. The second-order valence-corrected chi connectivity index (χ2v) is 4.97. The number of aliphatic hydroxyl groups is 1. The number of hydrogen-bond donors (Lipinski definition) is 1. The highest BCUT2D eigenvalue weighted by molar-refractivity contribution is 6.21. The maximum absolute atomic E-state index is 12.4.